The van der Waals surface area contributed by atoms with E-state index in [1.54, 1.807) is 7.11 Å². The number of aromatic nitrogens is 2. The number of amides is 1. The maximum atomic E-state index is 13.0. The number of rotatable bonds is 8. The molecule has 174 valence electrons. The van der Waals surface area contributed by atoms with E-state index in [1.807, 2.05) is 59.5 Å². The minimum atomic E-state index is -0.00588. The highest BCUT2D eigenvalue weighted by atomic mass is 16.5. The fraction of sp³-hybridized carbons (Fsp3) is 0.286. The van der Waals surface area contributed by atoms with Crippen LogP contribution < -0.4 is 14.4 Å². The van der Waals surface area contributed by atoms with Gasteiger partial charge in [-0.25, -0.2) is 4.98 Å². The third-order valence-electron chi connectivity index (χ3n) is 6.47. The molecule has 1 fully saturated rings. The fourth-order valence-electron chi connectivity index (χ4n) is 4.68. The Morgan fingerprint density at radius 2 is 1.76 bits per heavy atom. The lowest BCUT2D eigenvalue weighted by atomic mass is 10.1. The lowest BCUT2D eigenvalue weighted by Gasteiger charge is -2.20. The Morgan fingerprint density at radius 1 is 1.00 bits per heavy atom. The summed E-state index contributed by atoms with van der Waals surface area (Å²) >= 11 is 0. The van der Waals surface area contributed by atoms with Crippen LogP contribution in [0.4, 0.5) is 5.69 Å². The zero-order valence-electron chi connectivity index (χ0n) is 19.6. The van der Waals surface area contributed by atoms with Gasteiger partial charge < -0.3 is 18.9 Å². The van der Waals surface area contributed by atoms with E-state index in [0.29, 0.717) is 31.9 Å². The van der Waals surface area contributed by atoms with Crippen LogP contribution in [0.15, 0.2) is 72.8 Å². The van der Waals surface area contributed by atoms with Crippen LogP contribution >= 0.6 is 0 Å². The maximum Gasteiger partial charge on any atom is 0.227 e. The number of aryl methyl sites for hydroxylation is 1. The molecule has 5 rings (SSSR count). The van der Waals surface area contributed by atoms with Crippen LogP contribution in [0.25, 0.3) is 11.0 Å². The van der Waals surface area contributed by atoms with Gasteiger partial charge in [0.2, 0.25) is 5.91 Å². The van der Waals surface area contributed by atoms with Crippen molar-refractivity contribution in [3.8, 4) is 11.5 Å². The molecule has 6 heteroatoms. The number of anilines is 1. The van der Waals surface area contributed by atoms with Crippen LogP contribution in [-0.4, -0.2) is 35.7 Å². The van der Waals surface area contributed by atoms with Crippen molar-refractivity contribution in [1.29, 1.82) is 0 Å². The number of imidazole rings is 1. The zero-order chi connectivity index (χ0) is 23.5. The van der Waals surface area contributed by atoms with Crippen molar-refractivity contribution in [3.63, 3.8) is 0 Å². The normalized spacial score (nSPS) is 15.8. The Hall–Kier alpha value is -3.80. The number of carbonyl (C=O) groups is 1. The number of hydrogen-bond acceptors (Lipinski definition) is 4. The van der Waals surface area contributed by atoms with E-state index >= 15 is 0 Å². The lowest BCUT2D eigenvalue weighted by Crippen LogP contribution is -2.25. The van der Waals surface area contributed by atoms with Crippen molar-refractivity contribution in [2.75, 3.05) is 25.2 Å². The first-order chi connectivity index (χ1) is 16.7. The second kappa shape index (κ2) is 9.59. The number of nitrogens with zero attached hydrogens (tertiary/aromatic N) is 3. The molecule has 0 radical (unpaired) electrons. The molecule has 0 N–H and O–H groups in total. The van der Waals surface area contributed by atoms with Crippen molar-refractivity contribution in [2.24, 2.45) is 0 Å². The van der Waals surface area contributed by atoms with Gasteiger partial charge in [-0.15, -0.1) is 0 Å². The second-order valence-electron chi connectivity index (χ2n) is 8.53. The molecule has 1 aliphatic heterocycles. The molecule has 4 aromatic rings. The molecule has 0 bridgehead atoms. The number of hydrogen-bond donors (Lipinski definition) is 0. The smallest absolute Gasteiger partial charge is 0.227 e. The molecule has 1 saturated heterocycles. The molecule has 0 saturated carbocycles. The molecular formula is C28H29N3O3. The molecule has 3 aromatic carbocycles. The first kappa shape index (κ1) is 22.0. The molecule has 0 unspecified atom stereocenters. The number of benzene rings is 3. The van der Waals surface area contributed by atoms with Crippen LogP contribution in [-0.2, 0) is 17.8 Å². The van der Waals surface area contributed by atoms with Crippen molar-refractivity contribution in [3.05, 3.63) is 84.2 Å². The summed E-state index contributed by atoms with van der Waals surface area (Å²) in [5, 5.41) is 0. The largest absolute Gasteiger partial charge is 0.495 e. The lowest BCUT2D eigenvalue weighted by molar-refractivity contribution is -0.117. The molecule has 34 heavy (non-hydrogen) atoms. The predicted octanol–water partition coefficient (Wildman–Crippen LogP) is 5.21. The van der Waals surface area contributed by atoms with Crippen LogP contribution in [0.3, 0.4) is 0 Å². The molecule has 6 nitrogen and oxygen atoms in total. The van der Waals surface area contributed by atoms with E-state index in [9.17, 15) is 4.79 Å². The third kappa shape index (κ3) is 4.23. The Labute approximate surface area is 199 Å². The average Bonchev–Trinajstić information content (AvgIpc) is 3.45. The number of carbonyl (C=O) groups excluding carboxylic acids is 1. The van der Waals surface area contributed by atoms with Crippen LogP contribution in [0.1, 0.15) is 30.7 Å². The Morgan fingerprint density at radius 3 is 2.56 bits per heavy atom. The van der Waals surface area contributed by atoms with Gasteiger partial charge in [-0.2, -0.15) is 0 Å². The van der Waals surface area contributed by atoms with Gasteiger partial charge in [-0.3, -0.25) is 4.79 Å². The summed E-state index contributed by atoms with van der Waals surface area (Å²) in [6.45, 7) is 3.90. The first-order valence-electron chi connectivity index (χ1n) is 11.8. The highest BCUT2D eigenvalue weighted by molar-refractivity contribution is 5.97. The van der Waals surface area contributed by atoms with Gasteiger partial charge in [-0.05, 0) is 48.4 Å². The molecule has 2 heterocycles. The summed E-state index contributed by atoms with van der Waals surface area (Å²) in [7, 11) is 1.63. The highest BCUT2D eigenvalue weighted by Crippen LogP contribution is 2.37. The van der Waals surface area contributed by atoms with E-state index in [2.05, 4.69) is 29.7 Å². The number of para-hydroxylation sites is 4. The standard InChI is InChI=1S/C28H29N3O3/c1-3-20-12-14-22(15-13-20)34-17-16-30-24-9-5-4-8-23(24)29-28(30)21-18-27(32)31(19-21)25-10-6-7-11-26(25)33-2/h4-15,21H,3,16-19H2,1-2H3/t21-/m1/s1. The van der Waals surface area contributed by atoms with E-state index < -0.39 is 0 Å². The van der Waals surface area contributed by atoms with Crippen molar-refractivity contribution >= 4 is 22.6 Å². The van der Waals surface area contributed by atoms with Gasteiger partial charge in [0.25, 0.3) is 0 Å². The van der Waals surface area contributed by atoms with Gasteiger partial charge in [-0.1, -0.05) is 43.3 Å². The van der Waals surface area contributed by atoms with Crippen LogP contribution in [0.5, 0.6) is 11.5 Å². The third-order valence-corrected chi connectivity index (χ3v) is 6.47. The Balaban J connectivity index is 1.39. The van der Waals surface area contributed by atoms with E-state index in [-0.39, 0.29) is 11.8 Å². The van der Waals surface area contributed by atoms with E-state index in [0.717, 1.165) is 34.7 Å². The molecular weight excluding hydrogens is 426 g/mol. The van der Waals surface area contributed by atoms with Crippen molar-refractivity contribution < 1.29 is 14.3 Å². The average molecular weight is 456 g/mol. The second-order valence-corrected chi connectivity index (χ2v) is 8.53. The fourth-order valence-corrected chi connectivity index (χ4v) is 4.68. The Bertz CT molecular complexity index is 1300. The van der Waals surface area contributed by atoms with Gasteiger partial charge >= 0.3 is 0 Å². The molecule has 1 atom stereocenters. The first-order valence-corrected chi connectivity index (χ1v) is 11.8. The maximum absolute atomic E-state index is 13.0. The summed E-state index contributed by atoms with van der Waals surface area (Å²) in [6, 6.07) is 24.0. The number of ether oxygens (including phenoxy) is 2. The van der Waals surface area contributed by atoms with Crippen LogP contribution in [0.2, 0.25) is 0 Å². The highest BCUT2D eigenvalue weighted by Gasteiger charge is 2.35. The van der Waals surface area contributed by atoms with Gasteiger partial charge in [0.1, 0.15) is 23.9 Å². The predicted molar refractivity (Wildman–Crippen MR) is 134 cm³/mol. The summed E-state index contributed by atoms with van der Waals surface area (Å²) in [5.41, 5.74) is 4.10. The molecule has 1 aromatic heterocycles. The van der Waals surface area contributed by atoms with Gasteiger partial charge in [0.05, 0.1) is 30.4 Å². The molecule has 1 amide bonds. The summed E-state index contributed by atoms with van der Waals surface area (Å²) in [4.78, 5) is 19.8. The topological polar surface area (TPSA) is 56.6 Å². The quantitative estimate of drug-likeness (QED) is 0.366. The number of fused-ring (bicyclic) bond motifs is 1. The van der Waals surface area contributed by atoms with Crippen molar-refractivity contribution in [2.45, 2.75) is 32.2 Å². The molecule has 1 aliphatic rings. The SMILES string of the molecule is CCc1ccc(OCCn2c([C@@H]3CC(=O)N(c4ccccc4OC)C3)nc3ccccc32)cc1. The van der Waals surface area contributed by atoms with Gasteiger partial charge in [0, 0.05) is 18.9 Å². The van der Waals surface area contributed by atoms with E-state index in [1.165, 1.54) is 5.56 Å². The minimum absolute atomic E-state index is 0.00588. The monoisotopic (exact) mass is 455 g/mol. The summed E-state index contributed by atoms with van der Waals surface area (Å²) < 4.78 is 13.7. The molecule has 0 spiro atoms. The summed E-state index contributed by atoms with van der Waals surface area (Å²) in [6.07, 6.45) is 1.43. The zero-order valence-corrected chi connectivity index (χ0v) is 19.6. The minimum Gasteiger partial charge on any atom is -0.495 e. The summed E-state index contributed by atoms with van der Waals surface area (Å²) in [5.74, 6) is 2.57. The number of methoxy groups -OCH3 is 1. The molecule has 0 aliphatic carbocycles. The Kier molecular flexibility index (Phi) is 6.21. The van der Waals surface area contributed by atoms with Crippen LogP contribution in [0, 0.1) is 0 Å². The van der Waals surface area contributed by atoms with E-state index in [4.69, 9.17) is 14.5 Å². The van der Waals surface area contributed by atoms with Crippen molar-refractivity contribution in [1.82, 2.24) is 9.55 Å². The van der Waals surface area contributed by atoms with Gasteiger partial charge in [0.15, 0.2) is 0 Å².